The third-order valence-corrected chi connectivity index (χ3v) is 3.71. The number of nitrogens with one attached hydrogen (secondary N) is 1. The van der Waals surface area contributed by atoms with E-state index in [2.05, 4.69) is 5.32 Å². The summed E-state index contributed by atoms with van der Waals surface area (Å²) in [6.07, 6.45) is -0.0184. The molecule has 1 N–H and O–H groups in total. The zero-order valence-electron chi connectivity index (χ0n) is 13.3. The van der Waals surface area contributed by atoms with Gasteiger partial charge in [-0.2, -0.15) is 0 Å². The molecule has 0 aliphatic rings. The summed E-state index contributed by atoms with van der Waals surface area (Å²) in [4.78, 5) is 12.2. The van der Waals surface area contributed by atoms with Gasteiger partial charge in [-0.3, -0.25) is 4.79 Å². The lowest BCUT2D eigenvalue weighted by atomic mass is 10.2. The Morgan fingerprint density at radius 2 is 1.83 bits per heavy atom. The Labute approximate surface area is 151 Å². The van der Waals surface area contributed by atoms with Gasteiger partial charge >= 0.3 is 0 Å². The van der Waals surface area contributed by atoms with Crippen LogP contribution < -0.4 is 14.8 Å². The lowest BCUT2D eigenvalue weighted by Crippen LogP contribution is -2.39. The Morgan fingerprint density at radius 1 is 1.08 bits per heavy atom. The molecule has 0 radical (unpaired) electrons. The average Bonchev–Trinajstić information content (AvgIpc) is 2.58. The van der Waals surface area contributed by atoms with Gasteiger partial charge in [0.2, 0.25) is 0 Å². The SMILES string of the molecule is CC[C@@H](Oc1cccc(Cl)c1)C(=O)NCCOc1ccc(Cl)cc1. The fraction of sp³-hybridized carbons (Fsp3) is 0.278. The Bertz CT molecular complexity index is 662. The number of benzene rings is 2. The van der Waals surface area contributed by atoms with E-state index in [4.69, 9.17) is 32.7 Å². The molecule has 0 heterocycles. The Morgan fingerprint density at radius 3 is 2.50 bits per heavy atom. The van der Waals surface area contributed by atoms with Crippen molar-refractivity contribution < 1.29 is 14.3 Å². The first-order valence-corrected chi connectivity index (χ1v) is 8.42. The first-order chi connectivity index (χ1) is 11.6. The van der Waals surface area contributed by atoms with Gasteiger partial charge < -0.3 is 14.8 Å². The van der Waals surface area contributed by atoms with E-state index in [0.717, 1.165) is 0 Å². The van der Waals surface area contributed by atoms with E-state index in [9.17, 15) is 4.79 Å². The number of carbonyl (C=O) groups excluding carboxylic acids is 1. The van der Waals surface area contributed by atoms with E-state index >= 15 is 0 Å². The van der Waals surface area contributed by atoms with Crippen LogP contribution in [-0.2, 0) is 4.79 Å². The van der Waals surface area contributed by atoms with Gasteiger partial charge in [0.05, 0.1) is 6.54 Å². The molecular weight excluding hydrogens is 349 g/mol. The molecule has 0 bridgehead atoms. The number of rotatable bonds is 8. The fourth-order valence-corrected chi connectivity index (χ4v) is 2.32. The van der Waals surface area contributed by atoms with E-state index in [0.29, 0.717) is 41.1 Å². The van der Waals surface area contributed by atoms with Gasteiger partial charge in [-0.1, -0.05) is 36.2 Å². The summed E-state index contributed by atoms with van der Waals surface area (Å²) in [6.45, 7) is 2.64. The van der Waals surface area contributed by atoms with E-state index in [1.54, 1.807) is 48.5 Å². The maximum absolute atomic E-state index is 12.2. The standard InChI is InChI=1S/C18H19Cl2NO3/c1-2-17(24-16-5-3-4-14(20)12-16)18(22)21-10-11-23-15-8-6-13(19)7-9-15/h3-9,12,17H,2,10-11H2,1H3,(H,21,22)/t17-/m1/s1. The predicted molar refractivity (Wildman–Crippen MR) is 96.1 cm³/mol. The Kier molecular flexibility index (Phi) is 7.22. The maximum atomic E-state index is 12.2. The van der Waals surface area contributed by atoms with Gasteiger partial charge in [-0.05, 0) is 48.9 Å². The Balaban J connectivity index is 1.76. The lowest BCUT2D eigenvalue weighted by Gasteiger charge is -2.17. The van der Waals surface area contributed by atoms with Gasteiger partial charge in [0.1, 0.15) is 18.1 Å². The van der Waals surface area contributed by atoms with Gasteiger partial charge in [0.15, 0.2) is 6.10 Å². The smallest absolute Gasteiger partial charge is 0.261 e. The highest BCUT2D eigenvalue weighted by atomic mass is 35.5. The van der Waals surface area contributed by atoms with Crippen molar-refractivity contribution in [2.75, 3.05) is 13.2 Å². The van der Waals surface area contributed by atoms with E-state index in [1.807, 2.05) is 6.92 Å². The van der Waals surface area contributed by atoms with Crippen molar-refractivity contribution in [3.63, 3.8) is 0 Å². The van der Waals surface area contributed by atoms with Crippen molar-refractivity contribution in [3.05, 3.63) is 58.6 Å². The van der Waals surface area contributed by atoms with Gasteiger partial charge in [-0.15, -0.1) is 0 Å². The quantitative estimate of drug-likeness (QED) is 0.705. The molecule has 2 aromatic carbocycles. The maximum Gasteiger partial charge on any atom is 0.261 e. The van der Waals surface area contributed by atoms with Crippen LogP contribution in [0, 0.1) is 0 Å². The molecule has 128 valence electrons. The first-order valence-electron chi connectivity index (χ1n) is 7.67. The molecule has 0 aromatic heterocycles. The zero-order chi connectivity index (χ0) is 17.4. The minimum Gasteiger partial charge on any atom is -0.492 e. The molecule has 24 heavy (non-hydrogen) atoms. The number of hydrogen-bond donors (Lipinski definition) is 1. The van der Waals surface area contributed by atoms with Gasteiger partial charge in [0, 0.05) is 10.0 Å². The molecule has 2 rings (SSSR count). The highest BCUT2D eigenvalue weighted by Crippen LogP contribution is 2.19. The van der Waals surface area contributed by atoms with Gasteiger partial charge in [-0.25, -0.2) is 0 Å². The van der Waals surface area contributed by atoms with E-state index < -0.39 is 6.10 Å². The van der Waals surface area contributed by atoms with Crippen molar-refractivity contribution in [3.8, 4) is 11.5 Å². The first kappa shape index (κ1) is 18.4. The van der Waals surface area contributed by atoms with Crippen molar-refractivity contribution in [2.24, 2.45) is 0 Å². The van der Waals surface area contributed by atoms with Crippen molar-refractivity contribution in [2.45, 2.75) is 19.4 Å². The zero-order valence-corrected chi connectivity index (χ0v) is 14.8. The normalized spacial score (nSPS) is 11.6. The summed E-state index contributed by atoms with van der Waals surface area (Å²) in [5.41, 5.74) is 0. The summed E-state index contributed by atoms with van der Waals surface area (Å²) in [5, 5.41) is 4.02. The molecule has 6 heteroatoms. The van der Waals surface area contributed by atoms with Crippen LogP contribution in [0.15, 0.2) is 48.5 Å². The topological polar surface area (TPSA) is 47.6 Å². The van der Waals surface area contributed by atoms with Crippen LogP contribution in [-0.4, -0.2) is 25.2 Å². The molecule has 0 aliphatic carbocycles. The van der Waals surface area contributed by atoms with E-state index in [1.165, 1.54) is 0 Å². The van der Waals surface area contributed by atoms with Crippen LogP contribution in [0.5, 0.6) is 11.5 Å². The third kappa shape index (κ3) is 5.95. The Hall–Kier alpha value is -1.91. The van der Waals surface area contributed by atoms with Crippen molar-refractivity contribution in [1.82, 2.24) is 5.32 Å². The predicted octanol–water partition coefficient (Wildman–Crippen LogP) is 4.35. The minimum absolute atomic E-state index is 0.183. The molecule has 1 atom stereocenters. The number of carbonyl (C=O) groups is 1. The van der Waals surface area contributed by atoms with E-state index in [-0.39, 0.29) is 5.91 Å². The third-order valence-electron chi connectivity index (χ3n) is 3.22. The largest absolute Gasteiger partial charge is 0.492 e. The second-order valence-corrected chi connectivity index (χ2v) is 5.94. The summed E-state index contributed by atoms with van der Waals surface area (Å²) >= 11 is 11.7. The summed E-state index contributed by atoms with van der Waals surface area (Å²) < 4.78 is 11.2. The van der Waals surface area contributed by atoms with Crippen LogP contribution in [0.3, 0.4) is 0 Å². The summed E-state index contributed by atoms with van der Waals surface area (Å²) in [6, 6.07) is 14.0. The van der Waals surface area contributed by atoms with Gasteiger partial charge in [0.25, 0.3) is 5.91 Å². The van der Waals surface area contributed by atoms with Crippen molar-refractivity contribution >= 4 is 29.1 Å². The molecule has 4 nitrogen and oxygen atoms in total. The van der Waals surface area contributed by atoms with Crippen LogP contribution in [0.1, 0.15) is 13.3 Å². The monoisotopic (exact) mass is 367 g/mol. The molecule has 0 spiro atoms. The second-order valence-electron chi connectivity index (χ2n) is 5.07. The molecule has 0 saturated carbocycles. The van der Waals surface area contributed by atoms with Crippen LogP contribution in [0.25, 0.3) is 0 Å². The highest BCUT2D eigenvalue weighted by Gasteiger charge is 2.17. The molecule has 0 saturated heterocycles. The summed E-state index contributed by atoms with van der Waals surface area (Å²) in [7, 11) is 0. The van der Waals surface area contributed by atoms with Crippen LogP contribution in [0.4, 0.5) is 0 Å². The molecule has 2 aromatic rings. The number of hydrogen-bond acceptors (Lipinski definition) is 3. The second kappa shape index (κ2) is 9.40. The van der Waals surface area contributed by atoms with Crippen molar-refractivity contribution in [1.29, 1.82) is 0 Å². The molecule has 0 unspecified atom stereocenters. The molecular formula is C18H19Cl2NO3. The number of halogens is 2. The highest BCUT2D eigenvalue weighted by molar-refractivity contribution is 6.30. The molecule has 0 fully saturated rings. The summed E-state index contributed by atoms with van der Waals surface area (Å²) in [5.74, 6) is 1.09. The molecule has 1 amide bonds. The molecule has 0 aliphatic heterocycles. The average molecular weight is 368 g/mol. The lowest BCUT2D eigenvalue weighted by molar-refractivity contribution is -0.128. The van der Waals surface area contributed by atoms with Crippen LogP contribution >= 0.6 is 23.2 Å². The number of ether oxygens (including phenoxy) is 2. The fourth-order valence-electron chi connectivity index (χ4n) is 2.01. The number of amides is 1. The minimum atomic E-state index is -0.570. The van der Waals surface area contributed by atoms with Crippen LogP contribution in [0.2, 0.25) is 10.0 Å².